The Kier molecular flexibility index (Phi) is 5.32. The number of sulfonamides is 1. The van der Waals surface area contributed by atoms with Crippen LogP contribution < -0.4 is 10.0 Å². The van der Waals surface area contributed by atoms with Crippen molar-refractivity contribution in [3.63, 3.8) is 0 Å². The summed E-state index contributed by atoms with van der Waals surface area (Å²) in [5.41, 5.74) is 0.188. The fourth-order valence-corrected chi connectivity index (χ4v) is 2.55. The Bertz CT molecular complexity index is 913. The number of benzene rings is 2. The van der Waals surface area contributed by atoms with E-state index in [1.807, 2.05) is 0 Å². The van der Waals surface area contributed by atoms with Crippen molar-refractivity contribution in [1.82, 2.24) is 5.32 Å². The highest BCUT2D eigenvalue weighted by Crippen LogP contribution is 2.17. The molecule has 0 aliphatic rings. The van der Waals surface area contributed by atoms with Gasteiger partial charge < -0.3 is 5.32 Å². The summed E-state index contributed by atoms with van der Waals surface area (Å²) in [5, 5.41) is 13.1. The lowest BCUT2D eigenvalue weighted by Gasteiger charge is -2.08. The summed E-state index contributed by atoms with van der Waals surface area (Å²) in [6.07, 6.45) is 1.02. The first-order valence-corrected chi connectivity index (χ1v) is 8.84. The van der Waals surface area contributed by atoms with Crippen LogP contribution in [0.3, 0.4) is 0 Å². The number of rotatable bonds is 6. The molecule has 25 heavy (non-hydrogen) atoms. The largest absolute Gasteiger partial charge is 0.348 e. The zero-order valence-corrected chi connectivity index (χ0v) is 13.8. The van der Waals surface area contributed by atoms with Crippen LogP contribution in [0, 0.1) is 15.9 Å². The number of nitrogens with zero attached hydrogens (tertiary/aromatic N) is 1. The number of amides is 1. The van der Waals surface area contributed by atoms with E-state index in [-0.39, 0.29) is 12.2 Å². The third-order valence-corrected chi connectivity index (χ3v) is 3.72. The molecule has 8 nitrogen and oxygen atoms in total. The Balaban J connectivity index is 2.05. The molecule has 0 heterocycles. The van der Waals surface area contributed by atoms with E-state index in [0.29, 0.717) is 11.3 Å². The van der Waals surface area contributed by atoms with E-state index in [2.05, 4.69) is 10.0 Å². The van der Waals surface area contributed by atoms with Crippen molar-refractivity contribution in [1.29, 1.82) is 0 Å². The number of halogens is 1. The number of nitrogens with one attached hydrogen (secondary N) is 2. The molecule has 2 N–H and O–H groups in total. The third-order valence-electron chi connectivity index (χ3n) is 3.12. The van der Waals surface area contributed by atoms with Gasteiger partial charge in [0.15, 0.2) is 0 Å². The van der Waals surface area contributed by atoms with Crippen LogP contribution in [0.5, 0.6) is 0 Å². The summed E-state index contributed by atoms with van der Waals surface area (Å²) in [5.74, 6) is -1.66. The van der Waals surface area contributed by atoms with Crippen molar-refractivity contribution in [3.05, 3.63) is 69.5 Å². The zero-order valence-electron chi connectivity index (χ0n) is 13.0. The first kappa shape index (κ1) is 18.3. The fourth-order valence-electron chi connectivity index (χ4n) is 1.98. The predicted octanol–water partition coefficient (Wildman–Crippen LogP) is 2.04. The number of hydrogen-bond donors (Lipinski definition) is 2. The maximum absolute atomic E-state index is 13.7. The molecule has 0 radical (unpaired) electrons. The number of hydrogen-bond acceptors (Lipinski definition) is 5. The second-order valence-electron chi connectivity index (χ2n) is 5.18. The summed E-state index contributed by atoms with van der Waals surface area (Å²) < 4.78 is 38.2. The molecule has 0 unspecified atom stereocenters. The van der Waals surface area contributed by atoms with Crippen LogP contribution in [0.25, 0.3) is 0 Å². The molecule has 0 aliphatic carbocycles. The average molecular weight is 367 g/mol. The lowest BCUT2D eigenvalue weighted by molar-refractivity contribution is -0.384. The summed E-state index contributed by atoms with van der Waals surface area (Å²) in [7, 11) is -3.38. The Labute approximate surface area is 142 Å². The molecule has 0 fully saturated rings. The highest BCUT2D eigenvalue weighted by atomic mass is 32.2. The number of nitro benzene ring substituents is 1. The molecule has 132 valence electrons. The van der Waals surface area contributed by atoms with Gasteiger partial charge in [-0.05, 0) is 23.8 Å². The van der Waals surface area contributed by atoms with Crippen molar-refractivity contribution in [2.24, 2.45) is 0 Å². The van der Waals surface area contributed by atoms with Crippen LogP contribution >= 0.6 is 0 Å². The molecular formula is C15H14FN3O5S. The lowest BCUT2D eigenvalue weighted by Crippen LogP contribution is -2.24. The molecule has 0 aliphatic heterocycles. The molecule has 0 aromatic heterocycles. The average Bonchev–Trinajstić information content (AvgIpc) is 2.52. The predicted molar refractivity (Wildman–Crippen MR) is 89.1 cm³/mol. The van der Waals surface area contributed by atoms with E-state index in [0.717, 1.165) is 24.5 Å². The number of carbonyl (C=O) groups excluding carboxylic acids is 1. The zero-order chi connectivity index (χ0) is 18.6. The molecule has 2 aromatic carbocycles. The maximum Gasteiger partial charge on any atom is 0.270 e. The Morgan fingerprint density at radius 3 is 2.40 bits per heavy atom. The van der Waals surface area contributed by atoms with Gasteiger partial charge in [-0.1, -0.05) is 12.1 Å². The highest BCUT2D eigenvalue weighted by Gasteiger charge is 2.16. The van der Waals surface area contributed by atoms with Gasteiger partial charge >= 0.3 is 0 Å². The van der Waals surface area contributed by atoms with Gasteiger partial charge in [0.05, 0.1) is 16.7 Å². The summed E-state index contributed by atoms with van der Waals surface area (Å²) in [6.45, 7) is 0.0418. The van der Waals surface area contributed by atoms with E-state index >= 15 is 0 Å². The summed E-state index contributed by atoms with van der Waals surface area (Å²) in [6, 6.07) is 8.88. The van der Waals surface area contributed by atoms with Gasteiger partial charge in [-0.15, -0.1) is 0 Å². The van der Waals surface area contributed by atoms with Gasteiger partial charge in [0.2, 0.25) is 10.0 Å². The molecule has 2 aromatic rings. The van der Waals surface area contributed by atoms with E-state index in [4.69, 9.17) is 0 Å². The van der Waals surface area contributed by atoms with E-state index in [1.165, 1.54) is 12.1 Å². The highest BCUT2D eigenvalue weighted by molar-refractivity contribution is 7.92. The monoisotopic (exact) mass is 367 g/mol. The number of anilines is 1. The van der Waals surface area contributed by atoms with E-state index in [9.17, 15) is 27.7 Å². The lowest BCUT2D eigenvalue weighted by atomic mass is 10.1. The second-order valence-corrected chi connectivity index (χ2v) is 6.92. The van der Waals surface area contributed by atoms with Crippen LogP contribution in [0.1, 0.15) is 15.9 Å². The van der Waals surface area contributed by atoms with Crippen LogP contribution in [-0.4, -0.2) is 25.5 Å². The molecule has 10 heteroatoms. The first-order chi connectivity index (χ1) is 11.7. The molecule has 0 bridgehead atoms. The number of nitro groups is 1. The van der Waals surface area contributed by atoms with Gasteiger partial charge in [-0.25, -0.2) is 12.8 Å². The quantitative estimate of drug-likeness (QED) is 0.598. The number of non-ortho nitro benzene ring substituents is 1. The first-order valence-electron chi connectivity index (χ1n) is 6.94. The van der Waals surface area contributed by atoms with Crippen molar-refractivity contribution in [2.45, 2.75) is 6.54 Å². The SMILES string of the molecule is CS(=O)(=O)Nc1ccc(CNC(=O)c2cc([N+](=O)[O-])ccc2F)cc1. The van der Waals surface area contributed by atoms with Gasteiger partial charge in [-0.3, -0.25) is 19.6 Å². The Morgan fingerprint density at radius 2 is 1.84 bits per heavy atom. The smallest absolute Gasteiger partial charge is 0.270 e. The number of carbonyl (C=O) groups is 1. The van der Waals surface area contributed by atoms with Crippen molar-refractivity contribution in [2.75, 3.05) is 11.0 Å². The molecule has 0 spiro atoms. The second kappa shape index (κ2) is 7.26. The van der Waals surface area contributed by atoms with Crippen molar-refractivity contribution >= 4 is 27.3 Å². The normalized spacial score (nSPS) is 11.0. The molecule has 2 rings (SSSR count). The molecule has 1 amide bonds. The molecule has 0 saturated carbocycles. The maximum atomic E-state index is 13.7. The van der Waals surface area contributed by atoms with Crippen LogP contribution in [-0.2, 0) is 16.6 Å². The van der Waals surface area contributed by atoms with Gasteiger partial charge in [0, 0.05) is 24.4 Å². The Hall–Kier alpha value is -3.01. The summed E-state index contributed by atoms with van der Waals surface area (Å²) >= 11 is 0. The minimum atomic E-state index is -3.38. The minimum Gasteiger partial charge on any atom is -0.348 e. The standard InChI is InChI=1S/C15H14FN3O5S/c1-25(23,24)18-11-4-2-10(3-5-11)9-17-15(20)13-8-12(19(21)22)6-7-14(13)16/h2-8,18H,9H2,1H3,(H,17,20). The summed E-state index contributed by atoms with van der Waals surface area (Å²) in [4.78, 5) is 22.0. The fraction of sp³-hybridized carbons (Fsp3) is 0.133. The Morgan fingerprint density at radius 1 is 1.20 bits per heavy atom. The van der Waals surface area contributed by atoms with Gasteiger partial charge in [-0.2, -0.15) is 0 Å². The molecular weight excluding hydrogens is 353 g/mol. The van der Waals surface area contributed by atoms with Crippen LogP contribution in [0.2, 0.25) is 0 Å². The minimum absolute atomic E-state index is 0.0418. The topological polar surface area (TPSA) is 118 Å². The van der Waals surface area contributed by atoms with E-state index < -0.39 is 32.2 Å². The third kappa shape index (κ3) is 5.24. The van der Waals surface area contributed by atoms with E-state index in [1.54, 1.807) is 12.1 Å². The molecule has 0 saturated heterocycles. The van der Waals surface area contributed by atoms with Crippen molar-refractivity contribution in [3.8, 4) is 0 Å². The molecule has 0 atom stereocenters. The van der Waals surface area contributed by atoms with Gasteiger partial charge in [0.1, 0.15) is 5.82 Å². The van der Waals surface area contributed by atoms with Crippen LogP contribution in [0.4, 0.5) is 15.8 Å². The van der Waals surface area contributed by atoms with Crippen LogP contribution in [0.15, 0.2) is 42.5 Å². The van der Waals surface area contributed by atoms with Crippen molar-refractivity contribution < 1.29 is 22.5 Å². The van der Waals surface area contributed by atoms with Gasteiger partial charge in [0.25, 0.3) is 11.6 Å².